The molecule has 0 radical (unpaired) electrons. The molecule has 0 spiro atoms. The van der Waals surface area contributed by atoms with Crippen molar-refractivity contribution in [1.82, 2.24) is 4.90 Å². The second-order valence-electron chi connectivity index (χ2n) is 6.65. The van der Waals surface area contributed by atoms with Crippen LogP contribution in [0.25, 0.3) is 0 Å². The Morgan fingerprint density at radius 1 is 1.29 bits per heavy atom. The van der Waals surface area contributed by atoms with Gasteiger partial charge in [0.15, 0.2) is 0 Å². The fourth-order valence-corrected chi connectivity index (χ4v) is 3.66. The van der Waals surface area contributed by atoms with E-state index in [9.17, 15) is 0 Å². The van der Waals surface area contributed by atoms with Gasteiger partial charge in [-0.25, -0.2) is 0 Å². The monoisotopic (exact) mass is 289 g/mol. The summed E-state index contributed by atoms with van der Waals surface area (Å²) in [4.78, 5) is 5.10. The summed E-state index contributed by atoms with van der Waals surface area (Å²) in [5.74, 6) is 0.809. The average molecular weight is 289 g/mol. The highest BCUT2D eigenvalue weighted by Crippen LogP contribution is 2.36. The van der Waals surface area contributed by atoms with Gasteiger partial charge in [0.2, 0.25) is 0 Å². The second-order valence-corrected chi connectivity index (χ2v) is 6.65. The molecule has 0 saturated carbocycles. The van der Waals surface area contributed by atoms with E-state index in [1.165, 1.54) is 19.4 Å². The van der Waals surface area contributed by atoms with Gasteiger partial charge in [0.05, 0.1) is 17.5 Å². The van der Waals surface area contributed by atoms with E-state index in [0.29, 0.717) is 12.1 Å². The molecule has 0 bridgehead atoms. The van der Waals surface area contributed by atoms with Gasteiger partial charge >= 0.3 is 0 Å². The van der Waals surface area contributed by atoms with E-state index < -0.39 is 0 Å². The van der Waals surface area contributed by atoms with Crippen molar-refractivity contribution < 1.29 is 4.74 Å². The largest absolute Gasteiger partial charge is 0.489 e. The molecule has 21 heavy (non-hydrogen) atoms. The number of nitrogen functional groups attached to an aromatic ring is 1. The van der Waals surface area contributed by atoms with Crippen LogP contribution in [0.15, 0.2) is 18.2 Å². The van der Waals surface area contributed by atoms with E-state index in [2.05, 4.69) is 28.9 Å². The highest BCUT2D eigenvalue weighted by Gasteiger charge is 2.35. The first-order chi connectivity index (χ1) is 10.1. The smallest absolute Gasteiger partial charge is 0.144 e. The van der Waals surface area contributed by atoms with Crippen LogP contribution in [0, 0.1) is 0 Å². The van der Waals surface area contributed by atoms with Gasteiger partial charge in [-0.2, -0.15) is 0 Å². The van der Waals surface area contributed by atoms with Gasteiger partial charge in [-0.1, -0.05) is 6.07 Å². The lowest BCUT2D eigenvalue weighted by atomic mass is 10.1. The standard InChI is InChI=1S/C17H27N3O/c1-12(2)21-16-8-4-7-15(17(16)18)20-11-14-6-5-9-19(14)10-13(20)3/h4,7-8,12-14H,5-6,9-11,18H2,1-3H3. The van der Waals surface area contributed by atoms with Crippen LogP contribution in [0.4, 0.5) is 11.4 Å². The maximum Gasteiger partial charge on any atom is 0.144 e. The molecule has 2 atom stereocenters. The molecule has 0 aliphatic carbocycles. The van der Waals surface area contributed by atoms with Crippen LogP contribution >= 0.6 is 0 Å². The van der Waals surface area contributed by atoms with Crippen LogP contribution in [0.5, 0.6) is 5.75 Å². The molecule has 2 aliphatic rings. The number of hydrogen-bond donors (Lipinski definition) is 1. The SMILES string of the molecule is CC(C)Oc1cccc(N2CC3CCCN3CC2C)c1N. The Morgan fingerprint density at radius 2 is 2.10 bits per heavy atom. The van der Waals surface area contributed by atoms with Gasteiger partial charge in [0, 0.05) is 25.2 Å². The molecule has 4 nitrogen and oxygen atoms in total. The molecule has 2 fully saturated rings. The number of hydrogen-bond acceptors (Lipinski definition) is 4. The second kappa shape index (κ2) is 5.76. The van der Waals surface area contributed by atoms with Gasteiger partial charge in [-0.15, -0.1) is 0 Å². The molecule has 2 saturated heterocycles. The third-order valence-electron chi connectivity index (χ3n) is 4.65. The lowest BCUT2D eigenvalue weighted by Crippen LogP contribution is -2.55. The van der Waals surface area contributed by atoms with Crippen molar-refractivity contribution in [3.8, 4) is 5.75 Å². The average Bonchev–Trinajstić information content (AvgIpc) is 2.87. The van der Waals surface area contributed by atoms with Gasteiger partial charge in [0.25, 0.3) is 0 Å². The van der Waals surface area contributed by atoms with Crippen LogP contribution in [0.1, 0.15) is 33.6 Å². The normalized spacial score (nSPS) is 26.2. The van der Waals surface area contributed by atoms with Crippen molar-refractivity contribution >= 4 is 11.4 Å². The summed E-state index contributed by atoms with van der Waals surface area (Å²) in [6.07, 6.45) is 2.79. The lowest BCUT2D eigenvalue weighted by molar-refractivity contribution is 0.203. The molecule has 2 N–H and O–H groups in total. The molecule has 116 valence electrons. The van der Waals surface area contributed by atoms with Crippen LogP contribution in [-0.2, 0) is 0 Å². The molecule has 1 aromatic carbocycles. The van der Waals surface area contributed by atoms with Crippen molar-refractivity contribution in [2.45, 2.75) is 51.8 Å². The molecule has 2 aliphatic heterocycles. The summed E-state index contributed by atoms with van der Waals surface area (Å²) < 4.78 is 5.84. The number of piperazine rings is 1. The van der Waals surface area contributed by atoms with Gasteiger partial charge < -0.3 is 15.4 Å². The van der Waals surface area contributed by atoms with E-state index in [1.807, 2.05) is 19.9 Å². The molecule has 2 unspecified atom stereocenters. The Bertz CT molecular complexity index is 503. The number of rotatable bonds is 3. The third kappa shape index (κ3) is 2.82. The molecular weight excluding hydrogens is 262 g/mol. The van der Waals surface area contributed by atoms with Crippen LogP contribution < -0.4 is 15.4 Å². The summed E-state index contributed by atoms with van der Waals surface area (Å²) in [6.45, 7) is 9.84. The topological polar surface area (TPSA) is 41.7 Å². The Morgan fingerprint density at radius 3 is 2.86 bits per heavy atom. The number of nitrogens with two attached hydrogens (primary N) is 1. The number of nitrogens with zero attached hydrogens (tertiary/aromatic N) is 2. The minimum Gasteiger partial charge on any atom is -0.489 e. The Balaban J connectivity index is 1.85. The first-order valence-corrected chi connectivity index (χ1v) is 8.12. The van der Waals surface area contributed by atoms with Crippen molar-refractivity contribution in [3.05, 3.63) is 18.2 Å². The predicted octanol–water partition coefficient (Wildman–Crippen LogP) is 2.73. The zero-order valence-corrected chi connectivity index (χ0v) is 13.4. The Hall–Kier alpha value is -1.42. The molecule has 0 aromatic heterocycles. The highest BCUT2D eigenvalue weighted by atomic mass is 16.5. The number of fused-ring (bicyclic) bond motifs is 1. The quantitative estimate of drug-likeness (QED) is 0.869. The van der Waals surface area contributed by atoms with E-state index in [-0.39, 0.29) is 6.10 Å². The summed E-state index contributed by atoms with van der Waals surface area (Å²) >= 11 is 0. The third-order valence-corrected chi connectivity index (χ3v) is 4.65. The highest BCUT2D eigenvalue weighted by molar-refractivity contribution is 5.74. The van der Waals surface area contributed by atoms with E-state index >= 15 is 0 Å². The zero-order chi connectivity index (χ0) is 15.0. The Labute approximate surface area is 127 Å². The first-order valence-electron chi connectivity index (χ1n) is 8.12. The number of para-hydroxylation sites is 1. The minimum atomic E-state index is 0.145. The van der Waals surface area contributed by atoms with Crippen LogP contribution in [-0.4, -0.2) is 42.7 Å². The summed E-state index contributed by atoms with van der Waals surface area (Å²) in [5, 5.41) is 0. The van der Waals surface area contributed by atoms with Gasteiger partial charge in [-0.05, 0) is 52.3 Å². The van der Waals surface area contributed by atoms with Crippen LogP contribution in [0.3, 0.4) is 0 Å². The first kappa shape index (κ1) is 14.5. The summed E-state index contributed by atoms with van der Waals surface area (Å²) in [7, 11) is 0. The molecule has 0 amide bonds. The Kier molecular flexibility index (Phi) is 3.98. The lowest BCUT2D eigenvalue weighted by Gasteiger charge is -2.44. The van der Waals surface area contributed by atoms with Crippen molar-refractivity contribution in [1.29, 1.82) is 0 Å². The minimum absolute atomic E-state index is 0.145. The summed E-state index contributed by atoms with van der Waals surface area (Å²) in [5.41, 5.74) is 8.30. The molecule has 3 rings (SSSR count). The maximum atomic E-state index is 6.38. The molecule has 1 aromatic rings. The predicted molar refractivity (Wildman–Crippen MR) is 88.0 cm³/mol. The van der Waals surface area contributed by atoms with Gasteiger partial charge in [-0.3, -0.25) is 4.90 Å². The van der Waals surface area contributed by atoms with Crippen LogP contribution in [0.2, 0.25) is 0 Å². The van der Waals surface area contributed by atoms with Crippen molar-refractivity contribution in [3.63, 3.8) is 0 Å². The van der Waals surface area contributed by atoms with E-state index in [4.69, 9.17) is 10.5 Å². The fraction of sp³-hybridized carbons (Fsp3) is 0.647. The van der Waals surface area contributed by atoms with Crippen molar-refractivity contribution in [2.24, 2.45) is 0 Å². The number of benzene rings is 1. The maximum absolute atomic E-state index is 6.38. The summed E-state index contributed by atoms with van der Waals surface area (Å²) in [6, 6.07) is 7.34. The van der Waals surface area contributed by atoms with Crippen molar-refractivity contribution in [2.75, 3.05) is 30.3 Å². The van der Waals surface area contributed by atoms with E-state index in [1.54, 1.807) is 0 Å². The molecule has 4 heteroatoms. The fourth-order valence-electron chi connectivity index (χ4n) is 3.66. The van der Waals surface area contributed by atoms with E-state index in [0.717, 1.165) is 30.2 Å². The number of ether oxygens (including phenoxy) is 1. The molecule has 2 heterocycles. The van der Waals surface area contributed by atoms with Gasteiger partial charge in [0.1, 0.15) is 5.75 Å². The number of anilines is 2. The zero-order valence-electron chi connectivity index (χ0n) is 13.4. The molecular formula is C17H27N3O.